The minimum atomic E-state index is -0.495. The fourth-order valence-corrected chi connectivity index (χ4v) is 3.28. The fourth-order valence-electron chi connectivity index (χ4n) is 3.04. The Kier molecular flexibility index (Phi) is 23.2. The quantitative estimate of drug-likeness (QED) is 0.119. The van der Waals surface area contributed by atoms with Crippen LogP contribution in [0.25, 0.3) is 0 Å². The van der Waals surface area contributed by atoms with Crippen LogP contribution in [-0.4, -0.2) is 78.0 Å². The highest BCUT2D eigenvalue weighted by Gasteiger charge is 2.16. The molecule has 2 N–H and O–H groups in total. The van der Waals surface area contributed by atoms with E-state index in [1.165, 1.54) is 19.0 Å². The number of hydrogen-bond acceptors (Lipinski definition) is 12. The van der Waals surface area contributed by atoms with Crippen molar-refractivity contribution >= 4 is 34.1 Å². The molecule has 3 heterocycles. The van der Waals surface area contributed by atoms with E-state index >= 15 is 0 Å². The van der Waals surface area contributed by atoms with Gasteiger partial charge in [0.15, 0.2) is 0 Å². The maximum absolute atomic E-state index is 11.3. The Balaban J connectivity index is 0.000000699. The zero-order valence-corrected chi connectivity index (χ0v) is 33.1. The Labute approximate surface area is 316 Å². The number of amides is 2. The molecule has 0 saturated carbocycles. The van der Waals surface area contributed by atoms with Gasteiger partial charge >= 0.3 is 18.2 Å². The van der Waals surface area contributed by atoms with Gasteiger partial charge in [0, 0.05) is 50.1 Å². The third-order valence-electron chi connectivity index (χ3n) is 4.86. The van der Waals surface area contributed by atoms with Crippen LogP contribution in [0.5, 0.6) is 0 Å². The molecule has 0 fully saturated rings. The molecule has 3 aromatic rings. The van der Waals surface area contributed by atoms with Crippen molar-refractivity contribution in [3.8, 4) is 24.2 Å². The molecule has 52 heavy (non-hydrogen) atoms. The van der Waals surface area contributed by atoms with Crippen LogP contribution < -0.4 is 10.6 Å². The molecule has 3 aromatic heterocycles. The number of carbonyl (C=O) groups excluding carboxylic acids is 3. The molecule has 0 aliphatic heterocycles. The summed E-state index contributed by atoms with van der Waals surface area (Å²) in [7, 11) is 0. The largest absolute Gasteiger partial charge is 0.460 e. The number of ether oxygens (including phenoxy) is 3. The Morgan fingerprint density at radius 2 is 1.17 bits per heavy atom. The summed E-state index contributed by atoms with van der Waals surface area (Å²) in [5.41, 5.74) is 0.436. The van der Waals surface area contributed by atoms with E-state index < -0.39 is 22.9 Å². The van der Waals surface area contributed by atoms with Gasteiger partial charge in [-0.15, -0.1) is 12.3 Å². The standard InChI is InChI=1S/C12H19N3O2.C12H15N3O2.C9H14O2.C4H3BrN2/c2*1-12(2,3)17-11(16)15-6-4-5-10-7-13-9-14-8-10;1-5-6-7-8(10)11-9(2,3)4;5-4-1-6-3-7-2-4/h7-9H,4-6H2,1-3H3,(H,15,16);7-9H,6H2,1-3H3,(H,15,16);1H,6-7H2,2-4H3;1-3H. The zero-order valence-electron chi connectivity index (χ0n) is 31.5. The van der Waals surface area contributed by atoms with Crippen LogP contribution in [0.4, 0.5) is 9.59 Å². The van der Waals surface area contributed by atoms with Gasteiger partial charge in [-0.05, 0) is 96.6 Å². The molecule has 0 spiro atoms. The molecule has 0 aliphatic rings. The van der Waals surface area contributed by atoms with Crippen molar-refractivity contribution in [2.75, 3.05) is 13.1 Å². The van der Waals surface area contributed by atoms with Crippen LogP contribution in [-0.2, 0) is 25.4 Å². The van der Waals surface area contributed by atoms with Gasteiger partial charge in [0.05, 0.1) is 23.0 Å². The van der Waals surface area contributed by atoms with Crippen LogP contribution in [0.2, 0.25) is 0 Å². The average molecular weight is 784 g/mol. The summed E-state index contributed by atoms with van der Waals surface area (Å²) in [5, 5.41) is 5.24. The maximum Gasteiger partial charge on any atom is 0.408 e. The van der Waals surface area contributed by atoms with Crippen molar-refractivity contribution in [1.82, 2.24) is 40.5 Å². The van der Waals surface area contributed by atoms with Gasteiger partial charge in [0.1, 0.15) is 35.8 Å². The van der Waals surface area contributed by atoms with Crippen molar-refractivity contribution < 1.29 is 28.6 Å². The van der Waals surface area contributed by atoms with E-state index in [1.54, 1.807) is 58.0 Å². The van der Waals surface area contributed by atoms with E-state index in [1.807, 2.05) is 41.5 Å². The molecule has 0 aliphatic carbocycles. The highest BCUT2D eigenvalue weighted by molar-refractivity contribution is 9.10. The number of aromatic nitrogens is 6. The van der Waals surface area contributed by atoms with E-state index in [0.29, 0.717) is 24.9 Å². The van der Waals surface area contributed by atoms with Gasteiger partial charge in [0.25, 0.3) is 0 Å². The summed E-state index contributed by atoms with van der Waals surface area (Å²) in [6.07, 6.45) is 21.2. The highest BCUT2D eigenvalue weighted by Crippen LogP contribution is 2.09. The molecule has 0 bridgehead atoms. The van der Waals surface area contributed by atoms with Crippen molar-refractivity contribution in [2.24, 2.45) is 0 Å². The number of rotatable bonds is 7. The van der Waals surface area contributed by atoms with Crippen LogP contribution in [0.3, 0.4) is 0 Å². The number of terminal acetylenes is 1. The second-order valence-electron chi connectivity index (χ2n) is 13.4. The lowest BCUT2D eigenvalue weighted by atomic mass is 10.2. The normalized spacial score (nSPS) is 10.2. The molecule has 2 amide bonds. The molecule has 282 valence electrons. The van der Waals surface area contributed by atoms with Crippen molar-refractivity contribution in [1.29, 1.82) is 0 Å². The van der Waals surface area contributed by atoms with Crippen molar-refractivity contribution in [3.63, 3.8) is 0 Å². The molecule has 15 heteroatoms. The summed E-state index contributed by atoms with van der Waals surface area (Å²) in [6.45, 7) is 17.3. The molecule has 0 unspecified atom stereocenters. The Morgan fingerprint density at radius 3 is 1.62 bits per heavy atom. The monoisotopic (exact) mass is 782 g/mol. The third-order valence-corrected chi connectivity index (χ3v) is 5.27. The lowest BCUT2D eigenvalue weighted by molar-refractivity contribution is -0.154. The molecule has 0 saturated heterocycles. The van der Waals surface area contributed by atoms with Gasteiger partial charge in [-0.2, -0.15) is 0 Å². The maximum atomic E-state index is 11.3. The first-order chi connectivity index (χ1) is 24.3. The number of nitrogens with zero attached hydrogens (tertiary/aromatic N) is 6. The lowest BCUT2D eigenvalue weighted by Gasteiger charge is -2.19. The second-order valence-corrected chi connectivity index (χ2v) is 14.3. The van der Waals surface area contributed by atoms with E-state index in [4.69, 9.17) is 20.6 Å². The Hall–Kier alpha value is -5.15. The minimum Gasteiger partial charge on any atom is -0.460 e. The average Bonchev–Trinajstić information content (AvgIpc) is 3.04. The third kappa shape index (κ3) is 32.1. The van der Waals surface area contributed by atoms with E-state index in [2.05, 4.69) is 74.2 Å². The molecule has 0 radical (unpaired) electrons. The number of alkyl carbamates (subject to hydrolysis) is 2. The fraction of sp³-hybridized carbons (Fsp3) is 0.486. The lowest BCUT2D eigenvalue weighted by Crippen LogP contribution is -2.33. The minimum absolute atomic E-state index is 0.226. The molecular formula is C37H51BrN8O6. The first kappa shape index (κ1) is 46.9. The van der Waals surface area contributed by atoms with Gasteiger partial charge < -0.3 is 24.8 Å². The van der Waals surface area contributed by atoms with Crippen LogP contribution in [0, 0.1) is 24.2 Å². The van der Waals surface area contributed by atoms with Crippen molar-refractivity contribution in [3.05, 3.63) is 71.8 Å². The van der Waals surface area contributed by atoms with Gasteiger partial charge in [-0.3, -0.25) is 4.79 Å². The second kappa shape index (κ2) is 25.7. The number of nitrogens with one attached hydrogen (secondary N) is 2. The number of carbonyl (C=O) groups is 3. The van der Waals surface area contributed by atoms with Gasteiger partial charge in [-0.25, -0.2) is 39.5 Å². The molecular weight excluding hydrogens is 732 g/mol. The Bertz CT molecular complexity index is 1540. The predicted molar refractivity (Wildman–Crippen MR) is 201 cm³/mol. The smallest absolute Gasteiger partial charge is 0.408 e. The molecule has 3 rings (SSSR count). The van der Waals surface area contributed by atoms with Crippen LogP contribution in [0.15, 0.2) is 60.6 Å². The number of hydrogen-bond donors (Lipinski definition) is 2. The topological polar surface area (TPSA) is 180 Å². The van der Waals surface area contributed by atoms with Gasteiger partial charge in [0.2, 0.25) is 0 Å². The highest BCUT2D eigenvalue weighted by atomic mass is 79.9. The first-order valence-corrected chi connectivity index (χ1v) is 17.1. The summed E-state index contributed by atoms with van der Waals surface area (Å²) in [5.74, 6) is 7.75. The predicted octanol–water partition coefficient (Wildman–Crippen LogP) is 6.27. The van der Waals surface area contributed by atoms with E-state index in [-0.39, 0.29) is 18.6 Å². The zero-order chi connectivity index (χ0) is 39.5. The van der Waals surface area contributed by atoms with E-state index in [9.17, 15) is 14.4 Å². The number of halogens is 1. The summed E-state index contributed by atoms with van der Waals surface area (Å²) < 4.78 is 16.1. The van der Waals surface area contributed by atoms with Gasteiger partial charge in [-0.1, -0.05) is 11.8 Å². The molecule has 14 nitrogen and oxygen atoms in total. The summed E-state index contributed by atoms with van der Waals surface area (Å²) in [6, 6.07) is 0. The SMILES string of the molecule is Brc1cncnc1.C#CCCC(=O)OC(C)(C)C.CC(C)(C)OC(=O)NCC#Cc1cncnc1.CC(C)(C)OC(=O)NCCCc1cncnc1. The van der Waals surface area contributed by atoms with E-state index in [0.717, 1.165) is 22.9 Å². The summed E-state index contributed by atoms with van der Waals surface area (Å²) >= 11 is 3.19. The van der Waals surface area contributed by atoms with Crippen LogP contribution >= 0.6 is 15.9 Å². The summed E-state index contributed by atoms with van der Waals surface area (Å²) in [4.78, 5) is 56.4. The Morgan fingerprint density at radius 1 is 0.712 bits per heavy atom. The molecule has 0 aromatic carbocycles. The number of aryl methyl sites for hydroxylation is 1. The first-order valence-electron chi connectivity index (χ1n) is 16.3. The number of esters is 1. The van der Waals surface area contributed by atoms with Crippen molar-refractivity contribution in [2.45, 2.75) is 105 Å². The van der Waals surface area contributed by atoms with Crippen LogP contribution in [0.1, 0.15) is 92.7 Å². The molecule has 0 atom stereocenters.